The summed E-state index contributed by atoms with van der Waals surface area (Å²) in [6.45, 7) is 12.2. The Kier molecular flexibility index (Phi) is 9.15. The van der Waals surface area contributed by atoms with Crippen molar-refractivity contribution in [2.45, 2.75) is 33.1 Å². The zero-order valence-electron chi connectivity index (χ0n) is 10.5. The van der Waals surface area contributed by atoms with Crippen molar-refractivity contribution >= 4 is 0 Å². The summed E-state index contributed by atoms with van der Waals surface area (Å²) in [7, 11) is 0. The van der Waals surface area contributed by atoms with Crippen molar-refractivity contribution in [3.8, 4) is 0 Å². The summed E-state index contributed by atoms with van der Waals surface area (Å²) < 4.78 is 5.51. The Morgan fingerprint density at radius 2 is 2.12 bits per heavy atom. The molecule has 0 aromatic heterocycles. The molecule has 0 saturated carbocycles. The second-order valence-corrected chi connectivity index (χ2v) is 3.41. The summed E-state index contributed by atoms with van der Waals surface area (Å²) in [4.78, 5) is 0. The SMILES string of the molecule is C=C=C(CCC(/C=C\C=C)=C/C)OCCC. The van der Waals surface area contributed by atoms with E-state index in [4.69, 9.17) is 4.74 Å². The van der Waals surface area contributed by atoms with Crippen LogP contribution in [0.4, 0.5) is 0 Å². The van der Waals surface area contributed by atoms with Gasteiger partial charge >= 0.3 is 0 Å². The van der Waals surface area contributed by atoms with Gasteiger partial charge < -0.3 is 4.74 Å². The van der Waals surface area contributed by atoms with Crippen molar-refractivity contribution in [3.63, 3.8) is 0 Å². The van der Waals surface area contributed by atoms with E-state index in [0.717, 1.165) is 31.6 Å². The summed E-state index contributed by atoms with van der Waals surface area (Å²) in [5, 5.41) is 0. The average Bonchev–Trinajstić information content (AvgIpc) is 2.33. The maximum Gasteiger partial charge on any atom is 0.138 e. The predicted molar refractivity (Wildman–Crippen MR) is 71.2 cm³/mol. The number of hydrogen-bond acceptors (Lipinski definition) is 1. The number of hydrogen-bond donors (Lipinski definition) is 0. The first-order valence-corrected chi connectivity index (χ1v) is 5.74. The summed E-state index contributed by atoms with van der Waals surface area (Å²) in [6, 6.07) is 0. The molecule has 0 aliphatic heterocycles. The molecular formula is C15H22O. The Bertz CT molecular complexity index is 301. The fourth-order valence-electron chi connectivity index (χ4n) is 1.21. The molecule has 0 N–H and O–H groups in total. The average molecular weight is 218 g/mol. The lowest BCUT2D eigenvalue weighted by molar-refractivity contribution is 0.203. The van der Waals surface area contributed by atoms with Gasteiger partial charge in [0.15, 0.2) is 0 Å². The first kappa shape index (κ1) is 14.5. The maximum absolute atomic E-state index is 5.51. The van der Waals surface area contributed by atoms with E-state index in [1.165, 1.54) is 5.57 Å². The van der Waals surface area contributed by atoms with Gasteiger partial charge in [-0.25, -0.2) is 0 Å². The van der Waals surface area contributed by atoms with Gasteiger partial charge in [-0.2, -0.15) is 0 Å². The van der Waals surface area contributed by atoms with Crippen molar-refractivity contribution in [2.75, 3.05) is 6.61 Å². The van der Waals surface area contributed by atoms with Crippen LogP contribution in [0.5, 0.6) is 0 Å². The normalized spacial score (nSPS) is 11.2. The Balaban J connectivity index is 4.14. The van der Waals surface area contributed by atoms with Gasteiger partial charge in [0, 0.05) is 6.42 Å². The minimum atomic E-state index is 0.742. The minimum absolute atomic E-state index is 0.742. The molecule has 0 unspecified atom stereocenters. The molecule has 0 spiro atoms. The highest BCUT2D eigenvalue weighted by Crippen LogP contribution is 2.13. The van der Waals surface area contributed by atoms with E-state index in [0.29, 0.717) is 0 Å². The third kappa shape index (κ3) is 6.92. The van der Waals surface area contributed by atoms with E-state index >= 15 is 0 Å². The fraction of sp³-hybridized carbons (Fsp3) is 0.400. The molecule has 1 heteroatoms. The van der Waals surface area contributed by atoms with Crippen LogP contribution in [-0.4, -0.2) is 6.61 Å². The second kappa shape index (κ2) is 10.1. The van der Waals surface area contributed by atoms with Gasteiger partial charge in [-0.1, -0.05) is 55.7 Å². The van der Waals surface area contributed by atoms with E-state index in [2.05, 4.69) is 38.0 Å². The lowest BCUT2D eigenvalue weighted by Crippen LogP contribution is -1.93. The molecule has 88 valence electrons. The van der Waals surface area contributed by atoms with E-state index in [9.17, 15) is 0 Å². The summed E-state index contributed by atoms with van der Waals surface area (Å²) in [6.07, 6.45) is 10.7. The van der Waals surface area contributed by atoms with Gasteiger partial charge in [0.1, 0.15) is 5.76 Å². The van der Waals surface area contributed by atoms with Gasteiger partial charge in [-0.3, -0.25) is 0 Å². The highest BCUT2D eigenvalue weighted by atomic mass is 16.5. The molecule has 0 fully saturated rings. The quantitative estimate of drug-likeness (QED) is 0.330. The van der Waals surface area contributed by atoms with Crippen molar-refractivity contribution in [2.24, 2.45) is 0 Å². The molecule has 0 radical (unpaired) electrons. The van der Waals surface area contributed by atoms with Crippen molar-refractivity contribution in [1.29, 1.82) is 0 Å². The Hall–Kier alpha value is -1.46. The van der Waals surface area contributed by atoms with Crippen LogP contribution in [0.25, 0.3) is 0 Å². The molecular weight excluding hydrogens is 196 g/mol. The molecule has 0 saturated heterocycles. The van der Waals surface area contributed by atoms with Crippen LogP contribution in [0.2, 0.25) is 0 Å². The van der Waals surface area contributed by atoms with Crippen molar-refractivity contribution < 1.29 is 4.74 Å². The molecule has 0 aliphatic carbocycles. The van der Waals surface area contributed by atoms with Gasteiger partial charge in [-0.05, 0) is 19.8 Å². The van der Waals surface area contributed by atoms with E-state index < -0.39 is 0 Å². The molecule has 0 aliphatic rings. The molecule has 0 aromatic rings. The monoisotopic (exact) mass is 218 g/mol. The summed E-state index contributed by atoms with van der Waals surface area (Å²) in [5.41, 5.74) is 4.12. The van der Waals surface area contributed by atoms with Crippen molar-refractivity contribution in [1.82, 2.24) is 0 Å². The predicted octanol–water partition coefficient (Wildman–Crippen LogP) is 4.55. The van der Waals surface area contributed by atoms with Crippen LogP contribution < -0.4 is 0 Å². The van der Waals surface area contributed by atoms with Gasteiger partial charge in [-0.15, -0.1) is 0 Å². The van der Waals surface area contributed by atoms with E-state index in [1.54, 1.807) is 6.08 Å². The Morgan fingerprint density at radius 1 is 1.38 bits per heavy atom. The molecule has 0 aromatic carbocycles. The number of ether oxygens (including phenoxy) is 1. The third-order valence-corrected chi connectivity index (χ3v) is 2.14. The lowest BCUT2D eigenvalue weighted by atomic mass is 10.1. The molecule has 0 rings (SSSR count). The third-order valence-electron chi connectivity index (χ3n) is 2.14. The van der Waals surface area contributed by atoms with Crippen LogP contribution >= 0.6 is 0 Å². The standard InChI is InChI=1S/C15H22O/c1-5-9-10-14(7-3)11-12-15(8-4)16-13-6-2/h5,7,9-10H,1,4,6,11-13H2,2-3H3/b10-9-,14-7+. The van der Waals surface area contributed by atoms with Crippen molar-refractivity contribution in [3.05, 3.63) is 54.5 Å². The highest BCUT2D eigenvalue weighted by molar-refractivity contribution is 5.21. The highest BCUT2D eigenvalue weighted by Gasteiger charge is 1.98. The first-order chi connectivity index (χ1) is 7.78. The van der Waals surface area contributed by atoms with E-state index in [1.807, 2.05) is 13.0 Å². The smallest absolute Gasteiger partial charge is 0.138 e. The molecule has 1 nitrogen and oxygen atoms in total. The van der Waals surface area contributed by atoms with E-state index in [-0.39, 0.29) is 0 Å². The molecule has 16 heavy (non-hydrogen) atoms. The van der Waals surface area contributed by atoms with Gasteiger partial charge in [0.25, 0.3) is 0 Å². The zero-order valence-corrected chi connectivity index (χ0v) is 10.5. The maximum atomic E-state index is 5.51. The number of rotatable bonds is 8. The summed E-state index contributed by atoms with van der Waals surface area (Å²) in [5.74, 6) is 0.855. The molecule has 0 atom stereocenters. The van der Waals surface area contributed by atoms with Gasteiger partial charge in [0.05, 0.1) is 6.61 Å². The minimum Gasteiger partial charge on any atom is -0.490 e. The van der Waals surface area contributed by atoms with Crippen LogP contribution in [0.1, 0.15) is 33.1 Å². The van der Waals surface area contributed by atoms with Crippen LogP contribution in [0.3, 0.4) is 0 Å². The lowest BCUT2D eigenvalue weighted by Gasteiger charge is -2.07. The Labute approximate surface area is 99.5 Å². The molecule has 0 bridgehead atoms. The fourth-order valence-corrected chi connectivity index (χ4v) is 1.21. The van der Waals surface area contributed by atoms with Crippen LogP contribution in [0, 0.1) is 0 Å². The molecule has 0 heterocycles. The largest absolute Gasteiger partial charge is 0.490 e. The topological polar surface area (TPSA) is 9.23 Å². The van der Waals surface area contributed by atoms with Crippen LogP contribution in [0.15, 0.2) is 54.5 Å². The Morgan fingerprint density at radius 3 is 2.62 bits per heavy atom. The zero-order chi connectivity index (χ0) is 12.2. The molecule has 0 amide bonds. The second-order valence-electron chi connectivity index (χ2n) is 3.41. The summed E-state index contributed by atoms with van der Waals surface area (Å²) >= 11 is 0. The number of allylic oxidation sites excluding steroid dienone is 6. The first-order valence-electron chi connectivity index (χ1n) is 5.74. The van der Waals surface area contributed by atoms with Crippen LogP contribution in [-0.2, 0) is 4.74 Å². The van der Waals surface area contributed by atoms with Gasteiger partial charge in [0.2, 0.25) is 0 Å².